The molecule has 0 fully saturated rings. The molecule has 0 unspecified atom stereocenters. The van der Waals surface area contributed by atoms with Gasteiger partial charge in [0.15, 0.2) is 0 Å². The number of amides is 1. The maximum Gasteiger partial charge on any atom is 0.221 e. The molecule has 4 N–H and O–H groups in total. The van der Waals surface area contributed by atoms with Crippen molar-refractivity contribution >= 4 is 29.3 Å². The zero-order valence-corrected chi connectivity index (χ0v) is 8.59. The summed E-state index contributed by atoms with van der Waals surface area (Å²) in [6.07, 6.45) is 3.12. The molecule has 0 aliphatic heterocycles. The molecule has 3 nitrogen and oxygen atoms in total. The summed E-state index contributed by atoms with van der Waals surface area (Å²) in [5.41, 5.74) is 10.7. The normalized spacial score (nSPS) is 10.8. The van der Waals surface area contributed by atoms with Crippen molar-refractivity contribution < 1.29 is 9.18 Å². The largest absolute Gasteiger partial charge is 0.396 e. The molecule has 5 heteroatoms. The minimum atomic E-state index is -0.543. The Labute approximate surface area is 91.5 Å². The molecule has 1 aromatic carbocycles. The van der Waals surface area contributed by atoms with Crippen LogP contribution in [-0.2, 0) is 4.79 Å². The van der Waals surface area contributed by atoms with E-state index in [-0.39, 0.29) is 12.1 Å². The highest BCUT2D eigenvalue weighted by Gasteiger charge is 2.03. The molecule has 0 saturated heterocycles. The quantitative estimate of drug-likeness (QED) is 0.777. The van der Waals surface area contributed by atoms with Crippen molar-refractivity contribution in [3.8, 4) is 0 Å². The van der Waals surface area contributed by atoms with E-state index in [2.05, 4.69) is 0 Å². The topological polar surface area (TPSA) is 69.1 Å². The third-order valence-corrected chi connectivity index (χ3v) is 2.06. The van der Waals surface area contributed by atoms with Crippen molar-refractivity contribution in [1.82, 2.24) is 0 Å². The maximum absolute atomic E-state index is 13.0. The Morgan fingerprint density at radius 3 is 2.80 bits per heavy atom. The summed E-state index contributed by atoms with van der Waals surface area (Å²) in [7, 11) is 0. The van der Waals surface area contributed by atoms with Gasteiger partial charge in [-0.15, -0.1) is 0 Å². The van der Waals surface area contributed by atoms with Crippen molar-refractivity contribution in [1.29, 1.82) is 0 Å². The van der Waals surface area contributed by atoms with Gasteiger partial charge in [-0.2, -0.15) is 0 Å². The Kier molecular flexibility index (Phi) is 3.68. The minimum Gasteiger partial charge on any atom is -0.396 e. The first-order valence-electron chi connectivity index (χ1n) is 4.20. The summed E-state index contributed by atoms with van der Waals surface area (Å²) in [6.45, 7) is 0. The number of nitrogen functional groups attached to an aromatic ring is 1. The fourth-order valence-electron chi connectivity index (χ4n) is 1.01. The van der Waals surface area contributed by atoms with Gasteiger partial charge in [0.1, 0.15) is 5.82 Å². The van der Waals surface area contributed by atoms with Crippen LogP contribution in [0.25, 0.3) is 6.08 Å². The molecule has 0 saturated carbocycles. The van der Waals surface area contributed by atoms with Crippen LogP contribution in [-0.4, -0.2) is 5.91 Å². The molecule has 0 atom stereocenters. The molecule has 0 aromatic heterocycles. The van der Waals surface area contributed by atoms with Crippen LogP contribution in [0, 0.1) is 5.82 Å². The fraction of sp³-hybridized carbons (Fsp3) is 0.100. The van der Waals surface area contributed by atoms with Crippen LogP contribution in [0.4, 0.5) is 10.1 Å². The molecule has 0 aliphatic rings. The number of halogens is 2. The number of rotatable bonds is 3. The molecule has 0 aliphatic carbocycles. The SMILES string of the molecule is NC(=O)CC=Cc1cc(F)c(N)cc1Cl. The van der Waals surface area contributed by atoms with Crippen molar-refractivity contribution in [3.63, 3.8) is 0 Å². The summed E-state index contributed by atoms with van der Waals surface area (Å²) >= 11 is 5.80. The zero-order valence-electron chi connectivity index (χ0n) is 7.84. The monoisotopic (exact) mass is 228 g/mol. The van der Waals surface area contributed by atoms with Crippen molar-refractivity contribution in [2.24, 2.45) is 5.73 Å². The van der Waals surface area contributed by atoms with E-state index in [1.54, 1.807) is 0 Å². The molecule has 80 valence electrons. The Bertz CT molecular complexity index is 418. The minimum absolute atomic E-state index is 0.00736. The molecule has 0 heterocycles. The lowest BCUT2D eigenvalue weighted by Gasteiger charge is -2.01. The molecule has 1 amide bonds. The highest BCUT2D eigenvalue weighted by molar-refractivity contribution is 6.32. The van der Waals surface area contributed by atoms with Crippen molar-refractivity contribution in [2.75, 3.05) is 5.73 Å². The highest BCUT2D eigenvalue weighted by Crippen LogP contribution is 2.23. The highest BCUT2D eigenvalue weighted by atomic mass is 35.5. The number of nitrogens with two attached hydrogens (primary N) is 2. The van der Waals surface area contributed by atoms with Gasteiger partial charge in [0.05, 0.1) is 10.7 Å². The average molecular weight is 229 g/mol. The van der Waals surface area contributed by atoms with Gasteiger partial charge < -0.3 is 11.5 Å². The lowest BCUT2D eigenvalue weighted by Crippen LogP contribution is -2.07. The third-order valence-electron chi connectivity index (χ3n) is 1.73. The Balaban J connectivity index is 2.90. The smallest absolute Gasteiger partial charge is 0.221 e. The number of primary amides is 1. The van der Waals surface area contributed by atoms with Crippen LogP contribution in [0.3, 0.4) is 0 Å². The standard InChI is InChI=1S/C10H10ClFN2O/c11-7-5-9(13)8(12)4-6(7)2-1-3-10(14)15/h1-2,4-5H,3,13H2,(H2,14,15). The molecule has 0 spiro atoms. The summed E-state index contributed by atoms with van der Waals surface area (Å²) < 4.78 is 13.0. The second-order valence-corrected chi connectivity index (χ2v) is 3.38. The first-order valence-corrected chi connectivity index (χ1v) is 4.58. The number of hydrogen-bond acceptors (Lipinski definition) is 2. The van der Waals surface area contributed by atoms with E-state index in [1.807, 2.05) is 0 Å². The molecule has 1 aromatic rings. The molecular weight excluding hydrogens is 219 g/mol. The Hall–Kier alpha value is -1.55. The second kappa shape index (κ2) is 4.79. The number of carbonyl (C=O) groups is 1. The van der Waals surface area contributed by atoms with Gasteiger partial charge in [-0.05, 0) is 17.7 Å². The van der Waals surface area contributed by atoms with Gasteiger partial charge >= 0.3 is 0 Å². The lowest BCUT2D eigenvalue weighted by atomic mass is 10.1. The number of anilines is 1. The number of carbonyl (C=O) groups excluding carboxylic acids is 1. The molecule has 15 heavy (non-hydrogen) atoms. The number of hydrogen-bond donors (Lipinski definition) is 2. The summed E-state index contributed by atoms with van der Waals surface area (Å²) in [5.74, 6) is -1.00. The van der Waals surface area contributed by atoms with Crippen molar-refractivity contribution in [3.05, 3.63) is 34.6 Å². The zero-order chi connectivity index (χ0) is 11.4. The van der Waals surface area contributed by atoms with Gasteiger partial charge in [-0.3, -0.25) is 4.79 Å². The third kappa shape index (κ3) is 3.25. The van der Waals surface area contributed by atoms with E-state index in [0.717, 1.165) is 0 Å². The van der Waals surface area contributed by atoms with Crippen LogP contribution in [0.1, 0.15) is 12.0 Å². The summed E-state index contributed by atoms with van der Waals surface area (Å²) in [4.78, 5) is 10.4. The van der Waals surface area contributed by atoms with Crippen LogP contribution in [0.15, 0.2) is 18.2 Å². The van der Waals surface area contributed by atoms with Crippen LogP contribution < -0.4 is 11.5 Å². The fourth-order valence-corrected chi connectivity index (χ4v) is 1.24. The van der Waals surface area contributed by atoms with Gasteiger partial charge in [-0.1, -0.05) is 23.8 Å². The molecule has 1 rings (SSSR count). The van der Waals surface area contributed by atoms with E-state index in [0.29, 0.717) is 10.6 Å². The summed E-state index contributed by atoms with van der Waals surface area (Å²) in [5, 5.41) is 0.328. The molecule has 0 radical (unpaired) electrons. The van der Waals surface area contributed by atoms with Crippen molar-refractivity contribution in [2.45, 2.75) is 6.42 Å². The maximum atomic E-state index is 13.0. The van der Waals surface area contributed by atoms with E-state index in [4.69, 9.17) is 23.1 Å². The predicted octanol–water partition coefficient (Wildman–Crippen LogP) is 1.95. The van der Waals surface area contributed by atoms with Gasteiger partial charge in [-0.25, -0.2) is 4.39 Å². The lowest BCUT2D eigenvalue weighted by molar-refractivity contribution is -0.117. The van der Waals surface area contributed by atoms with E-state index < -0.39 is 11.7 Å². The van der Waals surface area contributed by atoms with E-state index in [9.17, 15) is 9.18 Å². The Morgan fingerprint density at radius 2 is 2.20 bits per heavy atom. The predicted molar refractivity (Wildman–Crippen MR) is 58.7 cm³/mol. The van der Waals surface area contributed by atoms with E-state index >= 15 is 0 Å². The average Bonchev–Trinajstić information content (AvgIpc) is 2.13. The van der Waals surface area contributed by atoms with Gasteiger partial charge in [0.2, 0.25) is 5.91 Å². The number of benzene rings is 1. The first kappa shape index (κ1) is 11.5. The summed E-state index contributed by atoms with van der Waals surface area (Å²) in [6, 6.07) is 2.52. The van der Waals surface area contributed by atoms with Crippen LogP contribution in [0.2, 0.25) is 5.02 Å². The second-order valence-electron chi connectivity index (χ2n) is 2.97. The van der Waals surface area contributed by atoms with Gasteiger partial charge in [0.25, 0.3) is 0 Å². The van der Waals surface area contributed by atoms with Gasteiger partial charge in [0, 0.05) is 6.42 Å². The molecule has 0 bridgehead atoms. The van der Waals surface area contributed by atoms with Crippen LogP contribution in [0.5, 0.6) is 0 Å². The molecular formula is C10H10ClFN2O. The van der Waals surface area contributed by atoms with E-state index in [1.165, 1.54) is 24.3 Å². The first-order chi connectivity index (χ1) is 7.00. The van der Waals surface area contributed by atoms with Crippen LogP contribution >= 0.6 is 11.6 Å². The Morgan fingerprint density at radius 1 is 1.53 bits per heavy atom.